The Hall–Kier alpha value is -1.95. The molecule has 20 heavy (non-hydrogen) atoms. The van der Waals surface area contributed by atoms with Crippen molar-refractivity contribution in [3.8, 4) is 5.82 Å². The standard InChI is InChI=1S/C13H15ClN4O2/c14-10-4-12(15-5-10)18-7-11(16-8-18)9-2-1-3-17(6-9)13(19)20/h4-5,7-9,15H,1-3,6H2,(H,19,20)/t9-/m0/s1. The maximum atomic E-state index is 11.0. The molecule has 106 valence electrons. The molecule has 1 atom stereocenters. The number of piperidine rings is 1. The van der Waals surface area contributed by atoms with Gasteiger partial charge in [-0.2, -0.15) is 0 Å². The van der Waals surface area contributed by atoms with Gasteiger partial charge in [-0.25, -0.2) is 9.78 Å². The van der Waals surface area contributed by atoms with E-state index < -0.39 is 6.09 Å². The Balaban J connectivity index is 1.78. The normalized spacial score (nSPS) is 19.2. The molecular weight excluding hydrogens is 280 g/mol. The summed E-state index contributed by atoms with van der Waals surface area (Å²) in [5.74, 6) is 1.01. The fourth-order valence-electron chi connectivity index (χ4n) is 2.58. The van der Waals surface area contributed by atoms with Crippen molar-refractivity contribution in [2.45, 2.75) is 18.8 Å². The average Bonchev–Trinajstić information content (AvgIpc) is 3.07. The van der Waals surface area contributed by atoms with Crippen molar-refractivity contribution < 1.29 is 9.90 Å². The van der Waals surface area contributed by atoms with E-state index in [2.05, 4.69) is 9.97 Å². The number of hydrogen-bond acceptors (Lipinski definition) is 2. The molecule has 0 spiro atoms. The maximum absolute atomic E-state index is 11.0. The Morgan fingerprint density at radius 2 is 2.40 bits per heavy atom. The van der Waals surface area contributed by atoms with E-state index in [9.17, 15) is 4.79 Å². The molecule has 3 heterocycles. The third kappa shape index (κ3) is 2.51. The van der Waals surface area contributed by atoms with E-state index in [-0.39, 0.29) is 5.92 Å². The molecule has 7 heteroatoms. The van der Waals surface area contributed by atoms with Crippen molar-refractivity contribution in [3.05, 3.63) is 35.5 Å². The van der Waals surface area contributed by atoms with Crippen LogP contribution in [-0.2, 0) is 0 Å². The van der Waals surface area contributed by atoms with Crippen LogP contribution in [0.5, 0.6) is 0 Å². The lowest BCUT2D eigenvalue weighted by molar-refractivity contribution is 0.130. The second-order valence-corrected chi connectivity index (χ2v) is 5.41. The number of likely N-dealkylation sites (tertiary alicyclic amines) is 1. The number of halogens is 1. The zero-order chi connectivity index (χ0) is 14.1. The van der Waals surface area contributed by atoms with E-state index in [0.717, 1.165) is 24.4 Å². The Kier molecular flexibility index (Phi) is 3.40. The summed E-state index contributed by atoms with van der Waals surface area (Å²) >= 11 is 5.88. The number of aromatic amines is 1. The zero-order valence-corrected chi connectivity index (χ0v) is 11.5. The van der Waals surface area contributed by atoms with Gasteiger partial charge in [-0.3, -0.25) is 4.57 Å². The molecular formula is C13H15ClN4O2. The Bertz CT molecular complexity index is 621. The Labute approximate surface area is 121 Å². The monoisotopic (exact) mass is 294 g/mol. The van der Waals surface area contributed by atoms with Crippen LogP contribution in [0.2, 0.25) is 5.02 Å². The second-order valence-electron chi connectivity index (χ2n) is 4.98. The molecule has 0 bridgehead atoms. The lowest BCUT2D eigenvalue weighted by Crippen LogP contribution is -2.38. The molecule has 1 amide bonds. The van der Waals surface area contributed by atoms with E-state index in [1.165, 1.54) is 4.90 Å². The van der Waals surface area contributed by atoms with Gasteiger partial charge >= 0.3 is 6.09 Å². The number of nitrogens with zero attached hydrogens (tertiary/aromatic N) is 3. The van der Waals surface area contributed by atoms with Crippen molar-refractivity contribution in [2.75, 3.05) is 13.1 Å². The summed E-state index contributed by atoms with van der Waals surface area (Å²) in [5.41, 5.74) is 0.918. The first-order valence-corrected chi connectivity index (χ1v) is 6.87. The number of aromatic nitrogens is 3. The van der Waals surface area contributed by atoms with Gasteiger partial charge in [0, 0.05) is 31.4 Å². The van der Waals surface area contributed by atoms with Gasteiger partial charge in [0.05, 0.1) is 10.7 Å². The van der Waals surface area contributed by atoms with Crippen LogP contribution < -0.4 is 0 Å². The molecule has 1 fully saturated rings. The van der Waals surface area contributed by atoms with Gasteiger partial charge in [0.1, 0.15) is 12.1 Å². The fraction of sp³-hybridized carbons (Fsp3) is 0.385. The molecule has 2 N–H and O–H groups in total. The van der Waals surface area contributed by atoms with E-state index >= 15 is 0 Å². The van der Waals surface area contributed by atoms with Crippen molar-refractivity contribution >= 4 is 17.7 Å². The summed E-state index contributed by atoms with van der Waals surface area (Å²) in [6.07, 6.45) is 6.34. The van der Waals surface area contributed by atoms with Gasteiger partial charge < -0.3 is 15.0 Å². The number of H-pyrrole nitrogens is 1. The topological polar surface area (TPSA) is 74.2 Å². The highest BCUT2D eigenvalue weighted by molar-refractivity contribution is 6.30. The van der Waals surface area contributed by atoms with Crippen molar-refractivity contribution in [1.29, 1.82) is 0 Å². The van der Waals surface area contributed by atoms with Gasteiger partial charge in [-0.15, -0.1) is 0 Å². The molecule has 1 aliphatic rings. The summed E-state index contributed by atoms with van der Waals surface area (Å²) in [4.78, 5) is 19.9. The first-order chi connectivity index (χ1) is 9.63. The van der Waals surface area contributed by atoms with Crippen LogP contribution in [0.15, 0.2) is 24.8 Å². The molecule has 2 aromatic heterocycles. The molecule has 6 nitrogen and oxygen atoms in total. The number of carbonyl (C=O) groups is 1. The summed E-state index contributed by atoms with van der Waals surface area (Å²) in [5, 5.41) is 9.71. The van der Waals surface area contributed by atoms with Gasteiger partial charge in [-0.1, -0.05) is 11.6 Å². The molecule has 0 aromatic carbocycles. The number of nitrogens with one attached hydrogen (secondary N) is 1. The third-order valence-corrected chi connectivity index (χ3v) is 3.84. The molecule has 3 rings (SSSR count). The minimum atomic E-state index is -0.856. The molecule has 0 aliphatic carbocycles. The van der Waals surface area contributed by atoms with Gasteiger partial charge in [0.25, 0.3) is 0 Å². The maximum Gasteiger partial charge on any atom is 0.407 e. The third-order valence-electron chi connectivity index (χ3n) is 3.62. The minimum absolute atomic E-state index is 0.159. The van der Waals surface area contributed by atoms with Crippen LogP contribution in [0.25, 0.3) is 5.82 Å². The van der Waals surface area contributed by atoms with E-state index in [1.807, 2.05) is 16.8 Å². The predicted molar refractivity (Wildman–Crippen MR) is 74.5 cm³/mol. The highest BCUT2D eigenvalue weighted by Gasteiger charge is 2.25. The van der Waals surface area contributed by atoms with Crippen LogP contribution in [0.4, 0.5) is 4.79 Å². The second kappa shape index (κ2) is 5.20. The average molecular weight is 295 g/mol. The quantitative estimate of drug-likeness (QED) is 0.894. The van der Waals surface area contributed by atoms with Gasteiger partial charge in [0.15, 0.2) is 0 Å². The SMILES string of the molecule is O=C(O)N1CCC[C@H](c2cn(-c3cc(Cl)c[nH]3)cn2)C1. The summed E-state index contributed by atoms with van der Waals surface area (Å²) in [6, 6.07) is 1.82. The van der Waals surface area contributed by atoms with Crippen LogP contribution >= 0.6 is 11.6 Å². The first-order valence-electron chi connectivity index (χ1n) is 6.49. The number of imidazole rings is 1. The van der Waals surface area contributed by atoms with E-state index in [4.69, 9.17) is 16.7 Å². The lowest BCUT2D eigenvalue weighted by atomic mass is 9.95. The highest BCUT2D eigenvalue weighted by Crippen LogP contribution is 2.26. The zero-order valence-electron chi connectivity index (χ0n) is 10.8. The number of amides is 1. The molecule has 0 unspecified atom stereocenters. The molecule has 1 aliphatic heterocycles. The molecule has 0 saturated carbocycles. The van der Waals surface area contributed by atoms with Gasteiger partial charge in [0.2, 0.25) is 0 Å². The Morgan fingerprint density at radius 3 is 3.10 bits per heavy atom. The number of carboxylic acid groups (broad SMARTS) is 1. The fourth-order valence-corrected chi connectivity index (χ4v) is 2.74. The van der Waals surface area contributed by atoms with E-state index in [1.54, 1.807) is 12.5 Å². The summed E-state index contributed by atoms with van der Waals surface area (Å²) in [6.45, 7) is 1.12. The Morgan fingerprint density at radius 1 is 1.55 bits per heavy atom. The molecule has 0 radical (unpaired) electrons. The van der Waals surface area contributed by atoms with Gasteiger partial charge in [-0.05, 0) is 18.9 Å². The van der Waals surface area contributed by atoms with Crippen LogP contribution in [-0.4, -0.2) is 43.7 Å². The van der Waals surface area contributed by atoms with Crippen molar-refractivity contribution in [3.63, 3.8) is 0 Å². The smallest absolute Gasteiger partial charge is 0.407 e. The van der Waals surface area contributed by atoms with Crippen LogP contribution in [0.1, 0.15) is 24.5 Å². The number of rotatable bonds is 2. The molecule has 2 aromatic rings. The summed E-state index contributed by atoms with van der Waals surface area (Å²) < 4.78 is 1.86. The highest BCUT2D eigenvalue weighted by atomic mass is 35.5. The molecule has 1 saturated heterocycles. The first kappa shape index (κ1) is 13.1. The minimum Gasteiger partial charge on any atom is -0.465 e. The summed E-state index contributed by atoms with van der Waals surface area (Å²) in [7, 11) is 0. The van der Waals surface area contributed by atoms with Crippen LogP contribution in [0, 0.1) is 0 Å². The van der Waals surface area contributed by atoms with E-state index in [0.29, 0.717) is 18.1 Å². The van der Waals surface area contributed by atoms with Crippen molar-refractivity contribution in [2.24, 2.45) is 0 Å². The number of hydrogen-bond donors (Lipinski definition) is 2. The van der Waals surface area contributed by atoms with Crippen molar-refractivity contribution in [1.82, 2.24) is 19.4 Å². The van der Waals surface area contributed by atoms with Crippen LogP contribution in [0.3, 0.4) is 0 Å². The largest absolute Gasteiger partial charge is 0.465 e. The lowest BCUT2D eigenvalue weighted by Gasteiger charge is -2.29. The predicted octanol–water partition coefficient (Wildman–Crippen LogP) is 2.71.